The minimum atomic E-state index is -0.255. The predicted octanol–water partition coefficient (Wildman–Crippen LogP) is 7.61. The van der Waals surface area contributed by atoms with Crippen molar-refractivity contribution in [2.75, 3.05) is 14.2 Å². The first kappa shape index (κ1) is 25.1. The lowest BCUT2D eigenvalue weighted by Gasteiger charge is -2.31. The number of rotatable bonds is 2. The van der Waals surface area contributed by atoms with Crippen molar-refractivity contribution in [1.29, 1.82) is 10.5 Å². The molecule has 1 atom stereocenters. The Morgan fingerprint density at radius 3 is 1.49 bits per heavy atom. The zero-order valence-electron chi connectivity index (χ0n) is 23.8. The summed E-state index contributed by atoms with van der Waals surface area (Å²) in [7, 11) is 3.35. The number of hydrogen-bond acceptors (Lipinski definition) is 6. The number of methoxy groups -OCH3 is 2. The van der Waals surface area contributed by atoms with Gasteiger partial charge >= 0.3 is 0 Å². The Bertz CT molecular complexity index is 1690. The van der Waals surface area contributed by atoms with Crippen LogP contribution in [0.3, 0.4) is 0 Å². The van der Waals surface area contributed by atoms with Gasteiger partial charge in [-0.25, -0.2) is 0 Å². The Morgan fingerprint density at radius 2 is 1.05 bits per heavy atom. The number of hydrogen-bond donors (Lipinski definition) is 0. The average molecular weight is 521 g/mol. The van der Waals surface area contributed by atoms with Gasteiger partial charge in [-0.3, -0.25) is 0 Å². The van der Waals surface area contributed by atoms with Gasteiger partial charge in [0.1, 0.15) is 23.3 Å². The van der Waals surface area contributed by atoms with Gasteiger partial charge in [-0.15, -0.1) is 0 Å². The van der Waals surface area contributed by atoms with Crippen molar-refractivity contribution in [3.8, 4) is 46.6 Å². The number of fused-ring (bicyclic) bond motifs is 6. The van der Waals surface area contributed by atoms with E-state index in [1.807, 2.05) is 13.8 Å². The van der Waals surface area contributed by atoms with E-state index in [1.54, 1.807) is 14.2 Å². The molecule has 0 amide bonds. The molecule has 1 spiro atoms. The quantitative estimate of drug-likeness (QED) is 0.270. The van der Waals surface area contributed by atoms with Crippen LogP contribution in [0, 0.1) is 36.5 Å². The highest BCUT2D eigenvalue weighted by atomic mass is 16.6. The number of nitriles is 2. The van der Waals surface area contributed by atoms with E-state index in [2.05, 4.69) is 64.1 Å². The standard InChI is InChI=1S/C33H32N2O4/c1-17-18(2)20(14-35)30-29(19(17)13-34)38-27-10-22-24(12-28(27)39-30)33(16-32(22,5)6)15-31(3,4)21-9-25(36-7)26(37-8)11-23(21)33/h9-12H,15-16H2,1-8H3/t33-/m0/s1. The maximum absolute atomic E-state index is 9.97. The maximum Gasteiger partial charge on any atom is 0.189 e. The molecular weight excluding hydrogens is 488 g/mol. The van der Waals surface area contributed by atoms with E-state index in [1.165, 1.54) is 22.3 Å². The van der Waals surface area contributed by atoms with Crippen LogP contribution in [-0.4, -0.2) is 14.2 Å². The SMILES string of the molecule is COc1cc2c(cc1OC)[C@]1(CC2(C)C)CC(C)(C)c2cc3c(cc21)Oc1c(C#N)c(C)c(C)c(C#N)c1O3. The van der Waals surface area contributed by atoms with Gasteiger partial charge in [0, 0.05) is 5.41 Å². The van der Waals surface area contributed by atoms with Crippen LogP contribution in [0.5, 0.6) is 34.5 Å². The Labute approximate surface area is 229 Å². The van der Waals surface area contributed by atoms with Crippen LogP contribution >= 0.6 is 0 Å². The molecule has 6 heteroatoms. The molecule has 3 aromatic rings. The molecule has 2 aliphatic carbocycles. The van der Waals surface area contributed by atoms with E-state index >= 15 is 0 Å². The molecule has 0 radical (unpaired) electrons. The molecule has 6 nitrogen and oxygen atoms in total. The zero-order chi connectivity index (χ0) is 28.1. The monoisotopic (exact) mass is 520 g/mol. The second-order valence-corrected chi connectivity index (χ2v) is 12.4. The van der Waals surface area contributed by atoms with Gasteiger partial charge in [-0.05, 0) is 95.2 Å². The fraction of sp³-hybridized carbons (Fsp3) is 0.394. The van der Waals surface area contributed by atoms with Gasteiger partial charge in [0.05, 0.1) is 14.2 Å². The Morgan fingerprint density at radius 1 is 0.667 bits per heavy atom. The molecule has 0 fully saturated rings. The molecule has 0 N–H and O–H groups in total. The molecule has 0 saturated heterocycles. The molecule has 39 heavy (non-hydrogen) atoms. The first-order valence-corrected chi connectivity index (χ1v) is 13.2. The number of nitrogens with zero attached hydrogens (tertiary/aromatic N) is 2. The van der Waals surface area contributed by atoms with Crippen LogP contribution in [0.4, 0.5) is 0 Å². The van der Waals surface area contributed by atoms with Gasteiger partial charge in [0.25, 0.3) is 0 Å². The molecule has 3 aromatic carbocycles. The zero-order valence-corrected chi connectivity index (χ0v) is 23.8. The summed E-state index contributed by atoms with van der Waals surface area (Å²) in [5, 5.41) is 19.9. The predicted molar refractivity (Wildman–Crippen MR) is 148 cm³/mol. The van der Waals surface area contributed by atoms with Crippen molar-refractivity contribution in [2.45, 2.75) is 70.6 Å². The van der Waals surface area contributed by atoms with Gasteiger partial charge in [-0.2, -0.15) is 10.5 Å². The molecule has 1 aliphatic heterocycles. The molecule has 0 saturated carbocycles. The van der Waals surface area contributed by atoms with Crippen molar-refractivity contribution in [2.24, 2.45) is 0 Å². The topological polar surface area (TPSA) is 84.5 Å². The second kappa shape index (κ2) is 7.93. The Kier molecular flexibility index (Phi) is 5.11. The van der Waals surface area contributed by atoms with E-state index in [9.17, 15) is 10.5 Å². The van der Waals surface area contributed by atoms with Gasteiger partial charge in [0.15, 0.2) is 34.5 Å². The first-order valence-electron chi connectivity index (χ1n) is 13.2. The second-order valence-electron chi connectivity index (χ2n) is 12.4. The normalized spacial score (nSPS) is 20.5. The van der Waals surface area contributed by atoms with Gasteiger partial charge in [-0.1, -0.05) is 27.7 Å². The molecular formula is C33H32N2O4. The lowest BCUT2D eigenvalue weighted by atomic mass is 9.72. The summed E-state index contributed by atoms with van der Waals surface area (Å²) in [4.78, 5) is 0. The third kappa shape index (κ3) is 3.18. The van der Waals surface area contributed by atoms with Crippen LogP contribution in [0.15, 0.2) is 24.3 Å². The van der Waals surface area contributed by atoms with Crippen LogP contribution in [0.1, 0.15) is 85.0 Å². The van der Waals surface area contributed by atoms with Crippen LogP contribution in [-0.2, 0) is 16.2 Å². The summed E-state index contributed by atoms with van der Waals surface area (Å²) >= 11 is 0. The van der Waals surface area contributed by atoms with E-state index in [0.717, 1.165) is 35.5 Å². The van der Waals surface area contributed by atoms with E-state index in [0.29, 0.717) is 34.1 Å². The fourth-order valence-electron chi connectivity index (χ4n) is 7.42. The summed E-state index contributed by atoms with van der Waals surface area (Å²) in [6.45, 7) is 12.8. The summed E-state index contributed by atoms with van der Waals surface area (Å²) < 4.78 is 24.3. The van der Waals surface area contributed by atoms with Crippen molar-refractivity contribution in [3.05, 3.63) is 68.8 Å². The molecule has 0 aromatic heterocycles. The van der Waals surface area contributed by atoms with Crippen molar-refractivity contribution >= 4 is 0 Å². The summed E-state index contributed by atoms with van der Waals surface area (Å²) in [5.41, 5.74) is 6.70. The van der Waals surface area contributed by atoms with Crippen LogP contribution < -0.4 is 18.9 Å². The van der Waals surface area contributed by atoms with Crippen LogP contribution in [0.2, 0.25) is 0 Å². The Balaban J connectivity index is 1.59. The maximum atomic E-state index is 9.97. The fourth-order valence-corrected chi connectivity index (χ4v) is 7.42. The minimum absolute atomic E-state index is 0.0866. The highest BCUT2D eigenvalue weighted by molar-refractivity contribution is 5.73. The van der Waals surface area contributed by atoms with E-state index < -0.39 is 0 Å². The molecule has 1 heterocycles. The average Bonchev–Trinajstić information content (AvgIpc) is 3.25. The summed E-state index contributed by atoms with van der Waals surface area (Å²) in [6, 6.07) is 13.0. The molecule has 3 aliphatic rings. The van der Waals surface area contributed by atoms with Crippen molar-refractivity contribution in [3.63, 3.8) is 0 Å². The molecule has 0 unspecified atom stereocenters. The Hall–Kier alpha value is -4.16. The van der Waals surface area contributed by atoms with E-state index in [4.69, 9.17) is 18.9 Å². The van der Waals surface area contributed by atoms with Gasteiger partial charge < -0.3 is 18.9 Å². The highest BCUT2D eigenvalue weighted by Gasteiger charge is 2.57. The molecule has 198 valence electrons. The lowest BCUT2D eigenvalue weighted by Crippen LogP contribution is -2.27. The molecule has 0 bridgehead atoms. The summed E-state index contributed by atoms with van der Waals surface area (Å²) in [5.74, 6) is 3.22. The van der Waals surface area contributed by atoms with E-state index in [-0.39, 0.29) is 16.2 Å². The number of ether oxygens (including phenoxy) is 4. The first-order chi connectivity index (χ1) is 18.4. The number of benzene rings is 3. The van der Waals surface area contributed by atoms with Gasteiger partial charge in [0.2, 0.25) is 0 Å². The minimum Gasteiger partial charge on any atom is -0.493 e. The third-order valence-corrected chi connectivity index (χ3v) is 9.20. The van der Waals surface area contributed by atoms with Crippen molar-refractivity contribution in [1.82, 2.24) is 0 Å². The lowest BCUT2D eigenvalue weighted by molar-refractivity contribution is 0.347. The molecule has 6 rings (SSSR count). The largest absolute Gasteiger partial charge is 0.493 e. The highest BCUT2D eigenvalue weighted by Crippen LogP contribution is 2.65. The third-order valence-electron chi connectivity index (χ3n) is 9.20. The summed E-state index contributed by atoms with van der Waals surface area (Å²) in [6.07, 6.45) is 1.85. The van der Waals surface area contributed by atoms with Crippen LogP contribution in [0.25, 0.3) is 0 Å². The smallest absolute Gasteiger partial charge is 0.189 e. The van der Waals surface area contributed by atoms with Crippen molar-refractivity contribution < 1.29 is 18.9 Å².